The van der Waals surface area contributed by atoms with Gasteiger partial charge in [0.05, 0.1) is 16.9 Å². The van der Waals surface area contributed by atoms with Crippen molar-refractivity contribution in [3.8, 4) is 5.75 Å². The number of hydrogen-bond donors (Lipinski definition) is 1. The molecule has 29 heavy (non-hydrogen) atoms. The van der Waals surface area contributed by atoms with Gasteiger partial charge in [-0.3, -0.25) is 19.2 Å². The molecule has 0 fully saturated rings. The zero-order valence-corrected chi connectivity index (χ0v) is 15.5. The summed E-state index contributed by atoms with van der Waals surface area (Å²) in [6, 6.07) is 8.92. The second kappa shape index (κ2) is 8.34. The number of nitro benzene ring substituents is 1. The molecule has 0 spiro atoms. The number of nitro groups is 1. The van der Waals surface area contributed by atoms with Crippen molar-refractivity contribution in [2.24, 2.45) is 0 Å². The maximum absolute atomic E-state index is 12.2. The molecule has 0 aromatic heterocycles. The van der Waals surface area contributed by atoms with Crippen molar-refractivity contribution in [1.29, 1.82) is 0 Å². The van der Waals surface area contributed by atoms with E-state index in [0.29, 0.717) is 4.31 Å². The van der Waals surface area contributed by atoms with E-state index in [4.69, 9.17) is 0 Å². The van der Waals surface area contributed by atoms with Gasteiger partial charge in [-0.15, -0.1) is 13.2 Å². The molecule has 0 aliphatic rings. The number of anilines is 2. The Morgan fingerprint density at radius 3 is 2.34 bits per heavy atom. The van der Waals surface area contributed by atoms with E-state index in [0.717, 1.165) is 42.7 Å². The lowest BCUT2D eigenvalue weighted by atomic mass is 10.2. The highest BCUT2D eigenvalue weighted by atomic mass is 32.2. The third-order valence-corrected chi connectivity index (χ3v) is 4.53. The maximum atomic E-state index is 12.2. The standard InChI is InChI=1S/C16H14F3N3O6S/c1-29(26,27)21(12-3-2-4-13(9-12)22(24)25)10-15(23)20-11-5-7-14(8-6-11)28-16(17,18)19/h2-9H,10H2,1H3,(H,20,23). The number of carbonyl (C=O) groups excluding carboxylic acids is 1. The van der Waals surface area contributed by atoms with Gasteiger partial charge in [0.15, 0.2) is 0 Å². The van der Waals surface area contributed by atoms with Gasteiger partial charge in [0.2, 0.25) is 15.9 Å². The number of rotatable bonds is 7. The van der Waals surface area contributed by atoms with E-state index in [1.54, 1.807) is 0 Å². The van der Waals surface area contributed by atoms with Crippen molar-refractivity contribution in [3.63, 3.8) is 0 Å². The first-order chi connectivity index (χ1) is 13.3. The van der Waals surface area contributed by atoms with Gasteiger partial charge in [0, 0.05) is 17.8 Å². The number of nitrogens with zero attached hydrogens (tertiary/aromatic N) is 2. The molecule has 1 amide bonds. The topological polar surface area (TPSA) is 119 Å². The summed E-state index contributed by atoms with van der Waals surface area (Å²) in [6.07, 6.45) is -4.04. The van der Waals surface area contributed by atoms with Crippen LogP contribution in [0, 0.1) is 10.1 Å². The maximum Gasteiger partial charge on any atom is 0.573 e. The first-order valence-electron chi connectivity index (χ1n) is 7.73. The summed E-state index contributed by atoms with van der Waals surface area (Å²) >= 11 is 0. The molecule has 0 aliphatic carbocycles. The second-order valence-corrected chi connectivity index (χ2v) is 7.57. The minimum absolute atomic E-state index is 0.0919. The summed E-state index contributed by atoms with van der Waals surface area (Å²) in [5.74, 6) is -1.31. The average molecular weight is 433 g/mol. The van der Waals surface area contributed by atoms with Crippen LogP contribution in [0.25, 0.3) is 0 Å². The van der Waals surface area contributed by atoms with Crippen LogP contribution in [-0.2, 0) is 14.8 Å². The summed E-state index contributed by atoms with van der Waals surface area (Å²) in [4.78, 5) is 22.4. The second-order valence-electron chi connectivity index (χ2n) is 5.67. The Labute approximate surface area is 162 Å². The summed E-state index contributed by atoms with van der Waals surface area (Å²) in [6.45, 7) is -0.708. The predicted octanol–water partition coefficient (Wildman–Crippen LogP) is 2.90. The summed E-state index contributed by atoms with van der Waals surface area (Å²) in [5, 5.41) is 13.2. The van der Waals surface area contributed by atoms with Gasteiger partial charge in [-0.25, -0.2) is 8.42 Å². The third-order valence-electron chi connectivity index (χ3n) is 3.39. The zero-order valence-electron chi connectivity index (χ0n) is 14.7. The van der Waals surface area contributed by atoms with Crippen LogP contribution >= 0.6 is 0 Å². The van der Waals surface area contributed by atoms with Crippen molar-refractivity contribution in [2.75, 3.05) is 22.4 Å². The van der Waals surface area contributed by atoms with E-state index in [1.807, 2.05) is 0 Å². The highest BCUT2D eigenvalue weighted by molar-refractivity contribution is 7.92. The fourth-order valence-electron chi connectivity index (χ4n) is 2.23. The van der Waals surface area contributed by atoms with E-state index in [2.05, 4.69) is 10.1 Å². The molecule has 0 saturated carbocycles. The van der Waals surface area contributed by atoms with Gasteiger partial charge in [-0.1, -0.05) is 6.07 Å². The van der Waals surface area contributed by atoms with Crippen molar-refractivity contribution in [3.05, 3.63) is 58.6 Å². The highest BCUT2D eigenvalue weighted by Crippen LogP contribution is 2.25. The van der Waals surface area contributed by atoms with Crippen LogP contribution in [0.3, 0.4) is 0 Å². The number of halogens is 3. The monoisotopic (exact) mass is 433 g/mol. The number of hydrogen-bond acceptors (Lipinski definition) is 6. The van der Waals surface area contributed by atoms with E-state index in [1.165, 1.54) is 12.1 Å². The van der Waals surface area contributed by atoms with E-state index in [9.17, 15) is 36.5 Å². The smallest absolute Gasteiger partial charge is 0.406 e. The normalized spacial score (nSPS) is 11.6. The van der Waals surface area contributed by atoms with Crippen LogP contribution in [0.2, 0.25) is 0 Å². The quantitative estimate of drug-likeness (QED) is 0.530. The lowest BCUT2D eigenvalue weighted by Crippen LogP contribution is -2.37. The van der Waals surface area contributed by atoms with Crippen LogP contribution in [0.5, 0.6) is 5.75 Å². The SMILES string of the molecule is CS(=O)(=O)N(CC(=O)Nc1ccc(OC(F)(F)F)cc1)c1cccc([N+](=O)[O-])c1. The summed E-state index contributed by atoms with van der Waals surface area (Å²) in [7, 11) is -3.97. The highest BCUT2D eigenvalue weighted by Gasteiger charge is 2.31. The van der Waals surface area contributed by atoms with Gasteiger partial charge in [0.1, 0.15) is 12.3 Å². The Morgan fingerprint density at radius 2 is 1.83 bits per heavy atom. The molecule has 2 rings (SSSR count). The van der Waals surface area contributed by atoms with E-state index < -0.39 is 39.5 Å². The van der Waals surface area contributed by atoms with Crippen molar-refractivity contribution in [1.82, 2.24) is 0 Å². The number of benzene rings is 2. The van der Waals surface area contributed by atoms with Gasteiger partial charge < -0.3 is 10.1 Å². The predicted molar refractivity (Wildman–Crippen MR) is 97.0 cm³/mol. The summed E-state index contributed by atoms with van der Waals surface area (Å²) < 4.78 is 64.9. The van der Waals surface area contributed by atoms with Crippen molar-refractivity contribution in [2.45, 2.75) is 6.36 Å². The number of sulfonamides is 1. The van der Waals surface area contributed by atoms with Crippen LogP contribution in [0.1, 0.15) is 0 Å². The molecule has 13 heteroatoms. The van der Waals surface area contributed by atoms with Crippen LogP contribution in [0.15, 0.2) is 48.5 Å². The average Bonchev–Trinajstić information content (AvgIpc) is 2.59. The minimum Gasteiger partial charge on any atom is -0.406 e. The Hall–Kier alpha value is -3.35. The number of amides is 1. The molecule has 2 aromatic rings. The lowest BCUT2D eigenvalue weighted by molar-refractivity contribution is -0.384. The van der Waals surface area contributed by atoms with Gasteiger partial charge in [-0.05, 0) is 30.3 Å². The third kappa shape index (κ3) is 6.64. The van der Waals surface area contributed by atoms with Crippen LogP contribution < -0.4 is 14.4 Å². The Balaban J connectivity index is 2.15. The fourth-order valence-corrected chi connectivity index (χ4v) is 3.08. The van der Waals surface area contributed by atoms with Gasteiger partial charge in [-0.2, -0.15) is 0 Å². The Bertz CT molecular complexity index is 1010. The number of alkyl halides is 3. The Morgan fingerprint density at radius 1 is 1.21 bits per heavy atom. The molecule has 0 aliphatic heterocycles. The van der Waals surface area contributed by atoms with Gasteiger partial charge in [0.25, 0.3) is 5.69 Å². The number of non-ortho nitro benzene ring substituents is 1. The number of carbonyl (C=O) groups is 1. The molecular weight excluding hydrogens is 419 g/mol. The molecule has 9 nitrogen and oxygen atoms in total. The molecular formula is C16H14F3N3O6S. The Kier molecular flexibility index (Phi) is 6.31. The molecule has 0 unspecified atom stereocenters. The molecule has 0 bridgehead atoms. The molecule has 156 valence electrons. The van der Waals surface area contributed by atoms with E-state index in [-0.39, 0.29) is 17.1 Å². The van der Waals surface area contributed by atoms with Crippen LogP contribution in [-0.4, -0.2) is 38.4 Å². The fraction of sp³-hybridized carbons (Fsp3) is 0.188. The minimum atomic E-state index is -4.86. The molecule has 2 aromatic carbocycles. The largest absolute Gasteiger partial charge is 0.573 e. The molecule has 0 radical (unpaired) electrons. The summed E-state index contributed by atoms with van der Waals surface area (Å²) in [5.41, 5.74) is -0.361. The molecule has 0 atom stereocenters. The first kappa shape index (κ1) is 21.9. The van der Waals surface area contributed by atoms with Crippen molar-refractivity contribution >= 4 is 33.0 Å². The first-order valence-corrected chi connectivity index (χ1v) is 9.58. The van der Waals surface area contributed by atoms with Crippen molar-refractivity contribution < 1.29 is 36.0 Å². The zero-order chi connectivity index (χ0) is 21.8. The van der Waals surface area contributed by atoms with Crippen LogP contribution in [0.4, 0.5) is 30.2 Å². The van der Waals surface area contributed by atoms with E-state index >= 15 is 0 Å². The molecule has 1 N–H and O–H groups in total. The molecule has 0 heterocycles. The lowest BCUT2D eigenvalue weighted by Gasteiger charge is -2.21. The number of nitrogens with one attached hydrogen (secondary N) is 1. The van der Waals surface area contributed by atoms with Gasteiger partial charge >= 0.3 is 6.36 Å². The number of ether oxygens (including phenoxy) is 1. The molecule has 0 saturated heterocycles.